The van der Waals surface area contributed by atoms with Crippen LogP contribution in [0.25, 0.3) is 0 Å². The van der Waals surface area contributed by atoms with Crippen molar-refractivity contribution in [2.75, 3.05) is 5.33 Å². The van der Waals surface area contributed by atoms with Crippen LogP contribution in [0.4, 0.5) is 0 Å². The van der Waals surface area contributed by atoms with Crippen LogP contribution in [0.5, 0.6) is 0 Å². The number of allylic oxidation sites excluding steroid dienone is 1. The highest BCUT2D eigenvalue weighted by Gasteiger charge is 2.64. The maximum absolute atomic E-state index is 12.7. The zero-order chi connectivity index (χ0) is 19.1. The second kappa shape index (κ2) is 6.50. The SMILES string of the molecule is C[C@]12CC(Br)C(=O)C(Br)=C1C(Br)(CBr)C[C@@H]1[C@@H]2CC[C@]2(C)C(=O)CC[C@@H]12. The van der Waals surface area contributed by atoms with Crippen LogP contribution in [0.1, 0.15) is 52.4 Å². The van der Waals surface area contributed by atoms with E-state index in [2.05, 4.69) is 77.6 Å². The third kappa shape index (κ3) is 2.56. The topological polar surface area (TPSA) is 34.1 Å². The molecule has 0 aliphatic heterocycles. The molecule has 4 aliphatic rings. The Morgan fingerprint density at radius 1 is 1.08 bits per heavy atom. The first-order chi connectivity index (χ1) is 12.1. The van der Waals surface area contributed by atoms with Crippen molar-refractivity contribution in [2.24, 2.45) is 28.6 Å². The number of hydrogen-bond acceptors (Lipinski definition) is 2. The van der Waals surface area contributed by atoms with E-state index >= 15 is 0 Å². The summed E-state index contributed by atoms with van der Waals surface area (Å²) in [5, 5.41) is 0.779. The Morgan fingerprint density at radius 3 is 2.38 bits per heavy atom. The van der Waals surface area contributed by atoms with Gasteiger partial charge in [0.15, 0.2) is 5.78 Å². The van der Waals surface area contributed by atoms with Gasteiger partial charge in [-0.1, -0.05) is 61.6 Å². The molecule has 0 amide bonds. The van der Waals surface area contributed by atoms with Gasteiger partial charge in [0, 0.05) is 17.2 Å². The molecule has 3 fully saturated rings. The fourth-order valence-corrected chi connectivity index (χ4v) is 11.0. The zero-order valence-corrected chi connectivity index (χ0v) is 21.4. The van der Waals surface area contributed by atoms with Gasteiger partial charge >= 0.3 is 0 Å². The Bertz CT molecular complexity index is 719. The predicted molar refractivity (Wildman–Crippen MR) is 119 cm³/mol. The second-order valence-electron chi connectivity index (χ2n) is 9.24. The summed E-state index contributed by atoms with van der Waals surface area (Å²) in [5.74, 6) is 2.18. The van der Waals surface area contributed by atoms with Gasteiger partial charge in [0.25, 0.3) is 0 Å². The molecule has 0 heterocycles. The summed E-state index contributed by atoms with van der Waals surface area (Å²) in [6, 6.07) is 0. The van der Waals surface area contributed by atoms with Gasteiger partial charge in [0.1, 0.15) is 5.78 Å². The first-order valence-electron chi connectivity index (χ1n) is 9.46. The van der Waals surface area contributed by atoms with Crippen LogP contribution >= 0.6 is 63.7 Å². The van der Waals surface area contributed by atoms with Crippen molar-refractivity contribution in [3.05, 3.63) is 10.1 Å². The van der Waals surface area contributed by atoms with Crippen molar-refractivity contribution in [1.29, 1.82) is 0 Å². The first-order valence-corrected chi connectivity index (χ1v) is 13.1. The minimum absolute atomic E-state index is 0.0337. The monoisotopic (exact) mass is 612 g/mol. The van der Waals surface area contributed by atoms with Gasteiger partial charge in [0.05, 0.1) is 13.6 Å². The minimum atomic E-state index is -0.228. The molecule has 0 saturated heterocycles. The largest absolute Gasteiger partial charge is 0.299 e. The van der Waals surface area contributed by atoms with Gasteiger partial charge in [-0.05, 0) is 76.8 Å². The van der Waals surface area contributed by atoms with Gasteiger partial charge in [-0.15, -0.1) is 0 Å². The number of ketones is 2. The van der Waals surface area contributed by atoms with Crippen LogP contribution in [-0.4, -0.2) is 26.0 Å². The average Bonchev–Trinajstić information content (AvgIpc) is 2.88. The number of carbonyl (C=O) groups excluding carboxylic acids is 2. The van der Waals surface area contributed by atoms with Crippen LogP contribution in [0, 0.1) is 28.6 Å². The molecule has 2 nitrogen and oxygen atoms in total. The van der Waals surface area contributed by atoms with E-state index in [-0.39, 0.29) is 25.8 Å². The standard InChI is InChI=1S/C20H24Br4O2/c1-18-6-5-12-10(11(18)3-4-14(18)25)7-20(24,9-21)17-15(23)16(26)13(22)8-19(12,17)2/h10-13H,3-9H2,1-2H3/t10-,11-,12-,13?,18-,19+,20?/m0/s1. The second-order valence-corrected chi connectivity index (χ2v) is 13.2. The Hall–Kier alpha value is 1.000. The third-order valence-electron chi connectivity index (χ3n) is 8.08. The minimum Gasteiger partial charge on any atom is -0.299 e. The zero-order valence-electron chi connectivity index (χ0n) is 15.1. The maximum atomic E-state index is 12.7. The number of Topliss-reactive ketones (excluding diaryl/α,β-unsaturated/α-hetero) is 2. The summed E-state index contributed by atoms with van der Waals surface area (Å²) < 4.78 is 0.535. The summed E-state index contributed by atoms with van der Waals surface area (Å²) in [5.41, 5.74) is 1.08. The highest BCUT2D eigenvalue weighted by molar-refractivity contribution is 9.13. The van der Waals surface area contributed by atoms with E-state index in [4.69, 9.17) is 0 Å². The van der Waals surface area contributed by atoms with Crippen molar-refractivity contribution in [3.8, 4) is 0 Å². The van der Waals surface area contributed by atoms with Crippen LogP contribution in [-0.2, 0) is 9.59 Å². The summed E-state index contributed by atoms with van der Waals surface area (Å²) in [7, 11) is 0. The fourth-order valence-electron chi connectivity index (χ4n) is 6.86. The molecule has 6 heteroatoms. The van der Waals surface area contributed by atoms with Crippen LogP contribution in [0.15, 0.2) is 10.1 Å². The van der Waals surface area contributed by atoms with Crippen LogP contribution < -0.4 is 0 Å². The molecule has 4 aliphatic carbocycles. The van der Waals surface area contributed by atoms with E-state index in [1.54, 1.807) is 0 Å². The molecule has 2 unspecified atom stereocenters. The number of halogens is 4. The van der Waals surface area contributed by atoms with Crippen molar-refractivity contribution in [2.45, 2.75) is 61.5 Å². The summed E-state index contributed by atoms with van der Waals surface area (Å²) in [6.07, 6.45) is 5.71. The van der Waals surface area contributed by atoms with E-state index in [1.165, 1.54) is 5.57 Å². The smallest absolute Gasteiger partial charge is 0.183 e. The van der Waals surface area contributed by atoms with Crippen LogP contribution in [0.2, 0.25) is 0 Å². The molecule has 0 bridgehead atoms. The number of carbonyl (C=O) groups is 2. The van der Waals surface area contributed by atoms with E-state index in [0.717, 1.165) is 48.3 Å². The van der Waals surface area contributed by atoms with Crippen molar-refractivity contribution in [1.82, 2.24) is 0 Å². The molecular formula is C20H24Br4O2. The molecule has 0 spiro atoms. The number of fused-ring (bicyclic) bond motifs is 5. The van der Waals surface area contributed by atoms with Crippen molar-refractivity contribution >= 4 is 75.3 Å². The molecule has 0 aromatic carbocycles. The number of hydrogen-bond donors (Lipinski definition) is 0. The summed E-state index contributed by atoms with van der Waals surface area (Å²) >= 11 is 15.1. The lowest BCUT2D eigenvalue weighted by Crippen LogP contribution is -2.58. The molecule has 3 saturated carbocycles. The Balaban J connectivity index is 1.86. The van der Waals surface area contributed by atoms with E-state index in [1.807, 2.05) is 0 Å². The summed E-state index contributed by atoms with van der Waals surface area (Å²) in [6.45, 7) is 4.58. The Labute approximate surface area is 189 Å². The summed E-state index contributed by atoms with van der Waals surface area (Å²) in [4.78, 5) is 25.3. The number of alkyl halides is 3. The quantitative estimate of drug-likeness (QED) is 0.324. The molecule has 7 atom stereocenters. The normalized spacial score (nSPS) is 51.2. The van der Waals surface area contributed by atoms with Gasteiger partial charge in [0.2, 0.25) is 0 Å². The van der Waals surface area contributed by atoms with E-state index < -0.39 is 0 Å². The molecule has 26 heavy (non-hydrogen) atoms. The lowest BCUT2D eigenvalue weighted by Gasteiger charge is -2.61. The Kier molecular flexibility index (Phi) is 5.07. The van der Waals surface area contributed by atoms with Gasteiger partial charge in [-0.25, -0.2) is 0 Å². The third-order valence-corrected chi connectivity index (χ3v) is 12.3. The molecule has 0 radical (unpaired) electrons. The molecule has 0 aromatic rings. The molecule has 0 N–H and O–H groups in total. The highest BCUT2D eigenvalue weighted by atomic mass is 79.9. The molecule has 4 rings (SSSR count). The van der Waals surface area contributed by atoms with Gasteiger partial charge in [-0.2, -0.15) is 0 Å². The molecule has 144 valence electrons. The number of rotatable bonds is 1. The van der Waals surface area contributed by atoms with Gasteiger partial charge in [-0.3, -0.25) is 9.59 Å². The van der Waals surface area contributed by atoms with Crippen LogP contribution in [0.3, 0.4) is 0 Å². The highest BCUT2D eigenvalue weighted by Crippen LogP contribution is 2.69. The molecular weight excluding hydrogens is 592 g/mol. The van der Waals surface area contributed by atoms with Crippen molar-refractivity contribution in [3.63, 3.8) is 0 Å². The predicted octanol–water partition coefficient (Wildman–Crippen LogP) is 6.32. The lowest BCUT2D eigenvalue weighted by atomic mass is 9.45. The average molecular weight is 616 g/mol. The Morgan fingerprint density at radius 2 is 1.73 bits per heavy atom. The van der Waals surface area contributed by atoms with E-state index in [0.29, 0.717) is 23.5 Å². The van der Waals surface area contributed by atoms with Crippen molar-refractivity contribution < 1.29 is 9.59 Å². The van der Waals surface area contributed by atoms with E-state index in [9.17, 15) is 9.59 Å². The van der Waals surface area contributed by atoms with Gasteiger partial charge < -0.3 is 0 Å². The maximum Gasteiger partial charge on any atom is 0.183 e. The molecule has 0 aromatic heterocycles. The fraction of sp³-hybridized carbons (Fsp3) is 0.800. The first kappa shape index (κ1) is 20.3. The lowest BCUT2D eigenvalue weighted by molar-refractivity contribution is -0.132.